The first-order valence-electron chi connectivity index (χ1n) is 6.65. The molecular weight excluding hydrogens is 247 g/mol. The molecule has 0 spiro atoms. The first kappa shape index (κ1) is 16.4. The fourth-order valence-corrected chi connectivity index (χ4v) is 3.90. The molecule has 1 saturated carbocycles. The molecule has 6 N–H and O–H groups in total. The predicted molar refractivity (Wildman–Crippen MR) is 72.8 cm³/mol. The van der Waals surface area contributed by atoms with Gasteiger partial charge in [-0.15, -0.1) is 0 Å². The molecule has 1 heterocycles. The zero-order valence-corrected chi connectivity index (χ0v) is 11.4. The van der Waals surface area contributed by atoms with Crippen LogP contribution in [-0.4, -0.2) is 59.6 Å². The summed E-state index contributed by atoms with van der Waals surface area (Å²) in [7, 11) is 3.22. The van der Waals surface area contributed by atoms with Crippen LogP contribution in [-0.2, 0) is 4.79 Å². The maximum absolute atomic E-state index is 11.5. The molecule has 7 heteroatoms. The molecule has 1 aliphatic carbocycles. The van der Waals surface area contributed by atoms with Crippen LogP contribution in [0.4, 0.5) is 0 Å². The number of nitrogens with two attached hydrogens (primary N) is 1. The smallest absolute Gasteiger partial charge is 0.323 e. The lowest BCUT2D eigenvalue weighted by molar-refractivity contribution is -0.145. The number of aliphatic carboxylic acids is 1. The highest BCUT2D eigenvalue weighted by molar-refractivity contribution is 6.25. The van der Waals surface area contributed by atoms with Crippen molar-refractivity contribution in [2.45, 2.75) is 31.1 Å². The standard InChI is InChI=1S/C12H22BN2O3.H2O/c1-15-6-8-5-12(14,11(16)17)10(9(8)7-15)3-2-4-13-18;/h8-10,18H,2-7,14H2,1H3,(H,16,17);1H2/t8-,9+,10-,12-;/m0./s1. The minimum absolute atomic E-state index is 0. The summed E-state index contributed by atoms with van der Waals surface area (Å²) in [5, 5.41) is 18.2. The normalized spacial score (nSPS) is 37.7. The van der Waals surface area contributed by atoms with Crippen molar-refractivity contribution in [1.29, 1.82) is 0 Å². The van der Waals surface area contributed by atoms with Gasteiger partial charge in [-0.1, -0.05) is 12.7 Å². The van der Waals surface area contributed by atoms with E-state index in [1.807, 2.05) is 0 Å². The summed E-state index contributed by atoms with van der Waals surface area (Å²) in [6.45, 7) is 1.91. The molecular formula is C12H24BN2O4. The summed E-state index contributed by atoms with van der Waals surface area (Å²) in [5.74, 6) is -0.0172. The summed E-state index contributed by atoms with van der Waals surface area (Å²) >= 11 is 0. The fourth-order valence-electron chi connectivity index (χ4n) is 3.90. The molecule has 19 heavy (non-hydrogen) atoms. The first-order valence-corrected chi connectivity index (χ1v) is 6.65. The van der Waals surface area contributed by atoms with Crippen molar-refractivity contribution in [3.8, 4) is 0 Å². The minimum atomic E-state index is -1.06. The number of carbonyl (C=O) groups is 1. The average molecular weight is 271 g/mol. The minimum Gasteiger partial charge on any atom is -0.480 e. The Morgan fingerprint density at radius 2 is 2.21 bits per heavy atom. The van der Waals surface area contributed by atoms with Crippen molar-refractivity contribution in [3.05, 3.63) is 0 Å². The molecule has 0 aromatic carbocycles. The molecule has 6 nitrogen and oxygen atoms in total. The largest absolute Gasteiger partial charge is 0.480 e. The molecule has 0 bridgehead atoms. The van der Waals surface area contributed by atoms with Crippen LogP contribution in [0.2, 0.25) is 6.32 Å². The molecule has 0 aromatic heterocycles. The Balaban J connectivity index is 0.00000180. The molecule has 1 radical (unpaired) electrons. The maximum atomic E-state index is 11.5. The van der Waals surface area contributed by atoms with E-state index >= 15 is 0 Å². The lowest BCUT2D eigenvalue weighted by Crippen LogP contribution is -2.53. The van der Waals surface area contributed by atoms with Crippen molar-refractivity contribution >= 4 is 13.5 Å². The molecule has 109 valence electrons. The number of carboxylic acid groups (broad SMARTS) is 1. The van der Waals surface area contributed by atoms with E-state index in [0.717, 1.165) is 33.4 Å². The van der Waals surface area contributed by atoms with Crippen LogP contribution in [0.3, 0.4) is 0 Å². The molecule has 4 atom stereocenters. The van der Waals surface area contributed by atoms with Gasteiger partial charge < -0.3 is 26.2 Å². The lowest BCUT2D eigenvalue weighted by Gasteiger charge is -2.30. The maximum Gasteiger partial charge on any atom is 0.323 e. The average Bonchev–Trinajstić information content (AvgIpc) is 2.75. The summed E-state index contributed by atoms with van der Waals surface area (Å²) in [4.78, 5) is 13.7. The van der Waals surface area contributed by atoms with Crippen LogP contribution in [0.25, 0.3) is 0 Å². The van der Waals surface area contributed by atoms with Gasteiger partial charge >= 0.3 is 5.97 Å². The second-order valence-electron chi connectivity index (χ2n) is 5.91. The van der Waals surface area contributed by atoms with E-state index in [2.05, 4.69) is 11.9 Å². The number of likely N-dealkylation sites (tertiary alicyclic amines) is 1. The van der Waals surface area contributed by atoms with Gasteiger partial charge in [0, 0.05) is 13.1 Å². The lowest BCUT2D eigenvalue weighted by atomic mass is 9.78. The van der Waals surface area contributed by atoms with E-state index in [1.165, 1.54) is 0 Å². The Morgan fingerprint density at radius 1 is 1.53 bits per heavy atom. The molecule has 0 amide bonds. The third kappa shape index (κ3) is 2.94. The van der Waals surface area contributed by atoms with Crippen LogP contribution in [0.5, 0.6) is 0 Å². The molecule has 0 unspecified atom stereocenters. The first-order chi connectivity index (χ1) is 8.49. The highest BCUT2D eigenvalue weighted by atomic mass is 16.4. The van der Waals surface area contributed by atoms with E-state index < -0.39 is 11.5 Å². The second kappa shape index (κ2) is 6.22. The van der Waals surface area contributed by atoms with Crippen molar-refractivity contribution in [3.63, 3.8) is 0 Å². The number of carboxylic acids is 1. The fraction of sp³-hybridized carbons (Fsp3) is 0.917. The molecule has 2 rings (SSSR count). The van der Waals surface area contributed by atoms with Crippen LogP contribution in [0.1, 0.15) is 19.3 Å². The van der Waals surface area contributed by atoms with Crippen molar-refractivity contribution in [2.75, 3.05) is 20.1 Å². The summed E-state index contributed by atoms with van der Waals surface area (Å²) in [6.07, 6.45) is 2.79. The van der Waals surface area contributed by atoms with Gasteiger partial charge in [0.05, 0.1) is 0 Å². The van der Waals surface area contributed by atoms with E-state index in [4.69, 9.17) is 10.8 Å². The van der Waals surface area contributed by atoms with Crippen molar-refractivity contribution < 1.29 is 20.4 Å². The van der Waals surface area contributed by atoms with E-state index in [9.17, 15) is 9.90 Å². The number of fused-ring (bicyclic) bond motifs is 1. The van der Waals surface area contributed by atoms with Gasteiger partial charge in [-0.3, -0.25) is 4.79 Å². The van der Waals surface area contributed by atoms with Gasteiger partial charge in [-0.2, -0.15) is 0 Å². The van der Waals surface area contributed by atoms with Gasteiger partial charge in [0.1, 0.15) is 5.54 Å². The van der Waals surface area contributed by atoms with Crippen LogP contribution < -0.4 is 5.73 Å². The Kier molecular flexibility index (Phi) is 5.38. The molecule has 1 saturated heterocycles. The van der Waals surface area contributed by atoms with Crippen molar-refractivity contribution in [1.82, 2.24) is 4.90 Å². The highest BCUT2D eigenvalue weighted by Crippen LogP contribution is 2.48. The van der Waals surface area contributed by atoms with Gasteiger partial charge in [0.15, 0.2) is 0 Å². The third-order valence-corrected chi connectivity index (χ3v) is 4.70. The highest BCUT2D eigenvalue weighted by Gasteiger charge is 2.57. The topological polar surface area (TPSA) is 118 Å². The van der Waals surface area contributed by atoms with Gasteiger partial charge in [0.25, 0.3) is 7.48 Å². The van der Waals surface area contributed by atoms with Gasteiger partial charge in [0.2, 0.25) is 0 Å². The summed E-state index contributed by atoms with van der Waals surface area (Å²) < 4.78 is 0. The summed E-state index contributed by atoms with van der Waals surface area (Å²) in [5.41, 5.74) is 5.11. The van der Waals surface area contributed by atoms with E-state index in [-0.39, 0.29) is 11.4 Å². The van der Waals surface area contributed by atoms with Crippen LogP contribution in [0, 0.1) is 17.8 Å². The number of hydrogen-bond donors (Lipinski definition) is 3. The second-order valence-corrected chi connectivity index (χ2v) is 5.91. The van der Waals surface area contributed by atoms with Crippen LogP contribution >= 0.6 is 0 Å². The monoisotopic (exact) mass is 271 g/mol. The zero-order valence-electron chi connectivity index (χ0n) is 11.4. The molecule has 2 fully saturated rings. The Morgan fingerprint density at radius 3 is 2.79 bits per heavy atom. The number of rotatable bonds is 5. The Bertz CT molecular complexity index is 331. The molecule has 1 aliphatic heterocycles. The van der Waals surface area contributed by atoms with Gasteiger partial charge in [-0.05, 0) is 37.6 Å². The SMILES string of the molecule is CN1C[C@@H]2C[C@@](N)(C(=O)O)[C@@H](CCC[B]O)[C@@H]2C1.O. The number of nitrogens with zero attached hydrogens (tertiary/aromatic N) is 1. The van der Waals surface area contributed by atoms with Crippen LogP contribution in [0.15, 0.2) is 0 Å². The quantitative estimate of drug-likeness (QED) is 0.435. The number of hydrogen-bond acceptors (Lipinski definition) is 4. The Labute approximate surface area is 114 Å². The Hall–Kier alpha value is -0.625. The third-order valence-electron chi connectivity index (χ3n) is 4.70. The molecule has 2 aliphatic rings. The molecule has 0 aromatic rings. The predicted octanol–water partition coefficient (Wildman–Crippen LogP) is -1.05. The zero-order chi connectivity index (χ0) is 13.3. The van der Waals surface area contributed by atoms with Gasteiger partial charge in [-0.25, -0.2) is 0 Å². The van der Waals surface area contributed by atoms with E-state index in [0.29, 0.717) is 24.6 Å². The van der Waals surface area contributed by atoms with E-state index in [1.54, 1.807) is 0 Å². The van der Waals surface area contributed by atoms with Crippen molar-refractivity contribution in [2.24, 2.45) is 23.5 Å². The summed E-state index contributed by atoms with van der Waals surface area (Å²) in [6, 6.07) is 0.